The summed E-state index contributed by atoms with van der Waals surface area (Å²) in [6, 6.07) is 0. The SMILES string of the molecule is CC(C)(C)C(CBr)CC1CCCN(S(C)(=O)=O)C1. The Morgan fingerprint density at radius 1 is 1.39 bits per heavy atom. The minimum atomic E-state index is -3.02. The van der Waals surface area contributed by atoms with E-state index >= 15 is 0 Å². The first-order valence-electron chi connectivity index (χ1n) is 6.65. The Balaban J connectivity index is 2.63. The van der Waals surface area contributed by atoms with Crippen molar-refractivity contribution < 1.29 is 8.42 Å². The van der Waals surface area contributed by atoms with Gasteiger partial charge in [-0.15, -0.1) is 0 Å². The van der Waals surface area contributed by atoms with Gasteiger partial charge in [0.1, 0.15) is 0 Å². The summed E-state index contributed by atoms with van der Waals surface area (Å²) in [7, 11) is -3.02. The molecule has 0 bridgehead atoms. The largest absolute Gasteiger partial charge is 0.213 e. The van der Waals surface area contributed by atoms with Crippen LogP contribution in [0, 0.1) is 17.3 Å². The highest BCUT2D eigenvalue weighted by atomic mass is 79.9. The molecule has 0 aromatic carbocycles. The number of sulfonamides is 1. The molecule has 1 saturated heterocycles. The van der Waals surface area contributed by atoms with Crippen LogP contribution in [0.1, 0.15) is 40.0 Å². The molecule has 2 atom stereocenters. The molecule has 108 valence electrons. The lowest BCUT2D eigenvalue weighted by molar-refractivity contribution is 0.176. The number of piperidine rings is 1. The second-order valence-electron chi connectivity index (χ2n) is 6.58. The highest BCUT2D eigenvalue weighted by Crippen LogP contribution is 2.35. The van der Waals surface area contributed by atoms with Gasteiger partial charge in [-0.05, 0) is 36.5 Å². The molecular formula is C13H26BrNO2S. The summed E-state index contributed by atoms with van der Waals surface area (Å²) < 4.78 is 24.8. The first kappa shape index (κ1) is 16.4. The zero-order valence-corrected chi connectivity index (χ0v) is 14.3. The van der Waals surface area contributed by atoms with Crippen molar-refractivity contribution in [3.05, 3.63) is 0 Å². The monoisotopic (exact) mass is 339 g/mol. The molecule has 2 unspecified atom stereocenters. The Morgan fingerprint density at radius 3 is 2.44 bits per heavy atom. The molecular weight excluding hydrogens is 314 g/mol. The van der Waals surface area contributed by atoms with E-state index in [9.17, 15) is 8.42 Å². The van der Waals surface area contributed by atoms with Gasteiger partial charge < -0.3 is 0 Å². The predicted octanol–water partition coefficient (Wildman–Crippen LogP) is 3.11. The average Bonchev–Trinajstić information content (AvgIpc) is 2.23. The topological polar surface area (TPSA) is 37.4 Å². The molecule has 1 aliphatic rings. The second-order valence-corrected chi connectivity index (χ2v) is 9.21. The Labute approximate surface area is 121 Å². The molecule has 3 nitrogen and oxygen atoms in total. The van der Waals surface area contributed by atoms with E-state index in [1.165, 1.54) is 6.26 Å². The molecule has 0 amide bonds. The van der Waals surface area contributed by atoms with Gasteiger partial charge in [-0.25, -0.2) is 12.7 Å². The number of rotatable bonds is 4. The van der Waals surface area contributed by atoms with Crippen LogP contribution in [0.5, 0.6) is 0 Å². The van der Waals surface area contributed by atoms with E-state index in [2.05, 4.69) is 36.7 Å². The Kier molecular flexibility index (Phi) is 5.69. The third-order valence-corrected chi connectivity index (χ3v) is 6.03. The van der Waals surface area contributed by atoms with Crippen LogP contribution >= 0.6 is 15.9 Å². The maximum absolute atomic E-state index is 11.6. The molecule has 0 saturated carbocycles. The van der Waals surface area contributed by atoms with Gasteiger partial charge in [-0.3, -0.25) is 0 Å². The van der Waals surface area contributed by atoms with Crippen LogP contribution in [-0.4, -0.2) is 37.4 Å². The van der Waals surface area contributed by atoms with Crippen LogP contribution in [0.2, 0.25) is 0 Å². The number of alkyl halides is 1. The maximum atomic E-state index is 11.6. The molecule has 1 fully saturated rings. The van der Waals surface area contributed by atoms with E-state index in [0.717, 1.165) is 24.6 Å². The molecule has 0 N–H and O–H groups in total. The molecule has 0 aliphatic carbocycles. The lowest BCUT2D eigenvalue weighted by Gasteiger charge is -2.36. The van der Waals surface area contributed by atoms with E-state index in [-0.39, 0.29) is 5.41 Å². The fraction of sp³-hybridized carbons (Fsp3) is 1.00. The van der Waals surface area contributed by atoms with Gasteiger partial charge in [0, 0.05) is 18.4 Å². The van der Waals surface area contributed by atoms with Crippen molar-refractivity contribution in [2.24, 2.45) is 17.3 Å². The Hall–Kier alpha value is 0.390. The molecule has 5 heteroatoms. The van der Waals surface area contributed by atoms with Gasteiger partial charge in [0.25, 0.3) is 0 Å². The van der Waals surface area contributed by atoms with E-state index in [0.29, 0.717) is 24.9 Å². The Bertz CT molecular complexity index is 362. The van der Waals surface area contributed by atoms with Crippen LogP contribution in [-0.2, 0) is 10.0 Å². The quantitative estimate of drug-likeness (QED) is 0.738. The highest BCUT2D eigenvalue weighted by molar-refractivity contribution is 9.09. The van der Waals surface area contributed by atoms with Gasteiger partial charge in [-0.1, -0.05) is 36.7 Å². The molecule has 0 spiro atoms. The van der Waals surface area contributed by atoms with Crippen LogP contribution in [0.4, 0.5) is 0 Å². The molecule has 1 aliphatic heterocycles. The minimum absolute atomic E-state index is 0.275. The van der Waals surface area contributed by atoms with Crippen molar-refractivity contribution in [3.8, 4) is 0 Å². The lowest BCUT2D eigenvalue weighted by Crippen LogP contribution is -2.40. The van der Waals surface area contributed by atoms with Crippen molar-refractivity contribution in [2.45, 2.75) is 40.0 Å². The van der Waals surface area contributed by atoms with Crippen molar-refractivity contribution >= 4 is 26.0 Å². The van der Waals surface area contributed by atoms with Crippen molar-refractivity contribution in [3.63, 3.8) is 0 Å². The lowest BCUT2D eigenvalue weighted by atomic mass is 9.76. The van der Waals surface area contributed by atoms with Gasteiger partial charge >= 0.3 is 0 Å². The standard InChI is InChI=1S/C13H26BrNO2S/c1-13(2,3)12(9-14)8-11-6-5-7-15(10-11)18(4,16)17/h11-12H,5-10H2,1-4H3. The number of hydrogen-bond acceptors (Lipinski definition) is 2. The zero-order chi connectivity index (χ0) is 14.0. The van der Waals surface area contributed by atoms with Crippen molar-refractivity contribution in [1.82, 2.24) is 4.31 Å². The van der Waals surface area contributed by atoms with Crippen molar-refractivity contribution in [1.29, 1.82) is 0 Å². The third-order valence-electron chi connectivity index (χ3n) is 3.98. The maximum Gasteiger partial charge on any atom is 0.211 e. The fourth-order valence-corrected chi connectivity index (χ4v) is 4.75. The number of nitrogens with zero attached hydrogens (tertiary/aromatic N) is 1. The zero-order valence-electron chi connectivity index (χ0n) is 11.9. The van der Waals surface area contributed by atoms with Crippen LogP contribution in [0.3, 0.4) is 0 Å². The summed E-state index contributed by atoms with van der Waals surface area (Å²) in [5, 5.41) is 0.992. The molecule has 18 heavy (non-hydrogen) atoms. The molecule has 1 heterocycles. The number of halogens is 1. The van der Waals surface area contributed by atoms with Gasteiger partial charge in [0.2, 0.25) is 10.0 Å². The van der Waals surface area contributed by atoms with Gasteiger partial charge in [0.05, 0.1) is 6.26 Å². The number of hydrogen-bond donors (Lipinski definition) is 0. The van der Waals surface area contributed by atoms with Gasteiger partial charge in [0.15, 0.2) is 0 Å². The van der Waals surface area contributed by atoms with E-state index in [4.69, 9.17) is 0 Å². The first-order valence-corrected chi connectivity index (χ1v) is 9.62. The Morgan fingerprint density at radius 2 is 2.00 bits per heavy atom. The highest BCUT2D eigenvalue weighted by Gasteiger charge is 2.31. The van der Waals surface area contributed by atoms with E-state index in [1.54, 1.807) is 4.31 Å². The molecule has 1 rings (SSSR count). The van der Waals surface area contributed by atoms with Crippen molar-refractivity contribution in [2.75, 3.05) is 24.7 Å². The predicted molar refractivity (Wildman–Crippen MR) is 80.5 cm³/mol. The summed E-state index contributed by atoms with van der Waals surface area (Å²) in [6.45, 7) is 8.19. The van der Waals surface area contributed by atoms with E-state index in [1.807, 2.05) is 0 Å². The normalized spacial score (nSPS) is 25.1. The minimum Gasteiger partial charge on any atom is -0.213 e. The summed E-state index contributed by atoms with van der Waals surface area (Å²) in [5.74, 6) is 1.11. The third kappa shape index (κ3) is 4.82. The summed E-state index contributed by atoms with van der Waals surface area (Å²) in [6.07, 6.45) is 4.59. The van der Waals surface area contributed by atoms with E-state index < -0.39 is 10.0 Å². The summed E-state index contributed by atoms with van der Waals surface area (Å²) >= 11 is 3.60. The fourth-order valence-electron chi connectivity index (χ4n) is 2.57. The molecule has 0 aromatic heterocycles. The summed E-state index contributed by atoms with van der Waals surface area (Å²) in [5.41, 5.74) is 0.275. The van der Waals surface area contributed by atoms with Crippen LogP contribution in [0.25, 0.3) is 0 Å². The first-order chi connectivity index (χ1) is 8.14. The second kappa shape index (κ2) is 6.23. The van der Waals surface area contributed by atoms with Crippen LogP contribution in [0.15, 0.2) is 0 Å². The summed E-state index contributed by atoms with van der Waals surface area (Å²) in [4.78, 5) is 0. The van der Waals surface area contributed by atoms with Gasteiger partial charge in [-0.2, -0.15) is 0 Å². The molecule has 0 radical (unpaired) electrons. The molecule has 0 aromatic rings. The smallest absolute Gasteiger partial charge is 0.211 e. The van der Waals surface area contributed by atoms with Crippen LogP contribution < -0.4 is 0 Å². The average molecular weight is 340 g/mol.